The third kappa shape index (κ3) is 7.62. The summed E-state index contributed by atoms with van der Waals surface area (Å²) in [4.78, 5) is 17.2. The molecule has 0 radical (unpaired) electrons. The average Bonchev–Trinajstić information content (AvgIpc) is 3.21. The van der Waals surface area contributed by atoms with E-state index in [4.69, 9.17) is 17.7 Å². The molecule has 0 saturated heterocycles. The van der Waals surface area contributed by atoms with Crippen LogP contribution in [-0.4, -0.2) is 36.5 Å². The molecule has 0 spiro atoms. The lowest BCUT2D eigenvalue weighted by molar-refractivity contribution is -0.597. The number of thiazole rings is 1. The van der Waals surface area contributed by atoms with E-state index in [0.717, 1.165) is 16.0 Å². The summed E-state index contributed by atoms with van der Waals surface area (Å²) < 4.78 is 67.7. The molecule has 3 aromatic carbocycles. The zero-order valence-electron chi connectivity index (χ0n) is 18.7. The van der Waals surface area contributed by atoms with Gasteiger partial charge >= 0.3 is 26.7 Å². The molecule has 1 aromatic heterocycles. The number of alkyl halides is 3. The van der Waals surface area contributed by atoms with Gasteiger partial charge in [0, 0.05) is 11.6 Å². The van der Waals surface area contributed by atoms with Crippen molar-refractivity contribution >= 4 is 42.7 Å². The van der Waals surface area contributed by atoms with Crippen molar-refractivity contribution < 1.29 is 56.9 Å². The van der Waals surface area contributed by atoms with Crippen molar-refractivity contribution in [1.29, 1.82) is 0 Å². The van der Waals surface area contributed by atoms with Crippen molar-refractivity contribution in [2.45, 2.75) is 12.4 Å². The minimum Gasteiger partial charge on any atom is -0.741 e. The molecule has 0 aliphatic rings. The van der Waals surface area contributed by atoms with Gasteiger partial charge in [0.05, 0.1) is 17.3 Å². The lowest BCUT2D eigenvalue weighted by Crippen LogP contribution is -3.61. The summed E-state index contributed by atoms with van der Waals surface area (Å²) >= 11 is 1.13. The van der Waals surface area contributed by atoms with Crippen LogP contribution in [0.15, 0.2) is 66.7 Å². The first-order valence-electron chi connectivity index (χ1n) is 9.95. The third-order valence-corrected chi connectivity index (χ3v) is 8.55. The number of hydrogen-bond acceptors (Lipinski definition) is 7. The van der Waals surface area contributed by atoms with E-state index in [9.17, 15) is 18.0 Å². The Labute approximate surface area is 219 Å². The van der Waals surface area contributed by atoms with Gasteiger partial charge in [-0.05, 0) is 49.4 Å². The molecule has 0 unspecified atom stereocenters. The van der Waals surface area contributed by atoms with Crippen LogP contribution < -0.4 is 31.3 Å². The van der Waals surface area contributed by atoms with Gasteiger partial charge in [0.15, 0.2) is 22.4 Å². The molecule has 0 bridgehead atoms. The van der Waals surface area contributed by atoms with Crippen molar-refractivity contribution in [2.24, 2.45) is 0 Å². The molecular weight excluding hydrogens is 632 g/mol. The number of nitrogens with zero attached hydrogens (tertiary/aromatic N) is 1. The van der Waals surface area contributed by atoms with Crippen molar-refractivity contribution in [3.05, 3.63) is 85.0 Å². The second-order valence-corrected chi connectivity index (χ2v) is 12.5. The molecule has 0 aliphatic heterocycles. The second kappa shape index (κ2) is 11.5. The van der Waals surface area contributed by atoms with Crippen LogP contribution in [0.4, 0.5) is 18.3 Å². The number of halogens is 4. The minimum absolute atomic E-state index is 0.138. The fourth-order valence-corrected chi connectivity index (χ4v) is 5.87. The molecular formula is C23H18F3IN2O5S2. The van der Waals surface area contributed by atoms with Crippen LogP contribution in [0.1, 0.15) is 15.9 Å². The molecule has 4 rings (SSSR count). The van der Waals surface area contributed by atoms with Gasteiger partial charge in [-0.2, -0.15) is 13.2 Å². The van der Waals surface area contributed by atoms with E-state index >= 15 is 0 Å². The van der Waals surface area contributed by atoms with Crippen LogP contribution in [-0.2, 0) is 10.1 Å². The lowest BCUT2D eigenvalue weighted by Gasteiger charge is -2.08. The Kier molecular flexibility index (Phi) is 8.92. The van der Waals surface area contributed by atoms with Gasteiger partial charge in [0.1, 0.15) is 5.75 Å². The van der Waals surface area contributed by atoms with Crippen LogP contribution in [0.2, 0.25) is 0 Å². The van der Waals surface area contributed by atoms with E-state index in [1.54, 1.807) is 7.11 Å². The van der Waals surface area contributed by atoms with Crippen molar-refractivity contribution in [3.8, 4) is 5.75 Å². The summed E-state index contributed by atoms with van der Waals surface area (Å²) in [5.74, 6) is 0.641. The monoisotopic (exact) mass is 650 g/mol. The summed E-state index contributed by atoms with van der Waals surface area (Å²) in [7, 11) is -4.45. The minimum atomic E-state index is -6.09. The molecule has 1 amide bonds. The summed E-state index contributed by atoms with van der Waals surface area (Å²) in [5, 5.41) is 3.51. The number of nitrogens with one attached hydrogen (secondary N) is 1. The number of fused-ring (bicyclic) bond motifs is 1. The highest BCUT2D eigenvalue weighted by atomic mass is 127. The number of methoxy groups -OCH3 is 1. The highest BCUT2D eigenvalue weighted by Gasteiger charge is 2.36. The van der Waals surface area contributed by atoms with E-state index < -0.39 is 15.6 Å². The van der Waals surface area contributed by atoms with Crippen LogP contribution in [0.25, 0.3) is 10.2 Å². The molecule has 0 saturated carbocycles. The van der Waals surface area contributed by atoms with E-state index in [2.05, 4.69) is 47.6 Å². The number of anilines is 1. The summed E-state index contributed by atoms with van der Waals surface area (Å²) in [6.45, 7) is 2.09. The number of carbonyl (C=O) groups is 1. The fourth-order valence-electron chi connectivity index (χ4n) is 2.67. The molecule has 0 fully saturated rings. The fraction of sp³-hybridized carbons (Fsp3) is 0.130. The SMILES string of the molecule is COc1ccc2nc(NC(=O)c3cccc([I+]c4ccc(C)cc4)c3)sc2c1.O=S(=O)([O-])C(F)(F)F. The van der Waals surface area contributed by atoms with Crippen LogP contribution in [0.5, 0.6) is 5.75 Å². The number of hydrogen-bond donors (Lipinski definition) is 1. The standard InChI is InChI=1S/C22H17IN2O2S.CHF3O3S/c1-14-6-8-16(9-7-14)23-17-5-3-4-15(12-17)21(26)25-22-24-19-11-10-18(27-2)13-20(19)28-22;2-1(3,4)8(5,6)7/h3-13H,1-2H3;(H,5,6,7). The molecule has 0 aliphatic carbocycles. The van der Waals surface area contributed by atoms with Crippen LogP contribution in [0, 0.1) is 14.1 Å². The number of aromatic nitrogens is 1. The van der Waals surface area contributed by atoms with Gasteiger partial charge in [-0.3, -0.25) is 10.1 Å². The maximum atomic E-state index is 12.7. The smallest absolute Gasteiger partial charge is 0.485 e. The number of carbonyl (C=O) groups excluding carboxylic acids is 1. The first-order chi connectivity index (χ1) is 16.9. The van der Waals surface area contributed by atoms with Gasteiger partial charge in [0.25, 0.3) is 5.91 Å². The Morgan fingerprint density at radius 2 is 1.72 bits per heavy atom. The zero-order valence-corrected chi connectivity index (χ0v) is 22.5. The molecule has 36 heavy (non-hydrogen) atoms. The highest BCUT2D eigenvalue weighted by molar-refractivity contribution is 7.86. The van der Waals surface area contributed by atoms with E-state index in [0.29, 0.717) is 10.7 Å². The predicted molar refractivity (Wildman–Crippen MR) is 125 cm³/mol. The first-order valence-corrected chi connectivity index (χ1v) is 14.3. The first kappa shape index (κ1) is 27.8. The number of aryl methyl sites for hydroxylation is 1. The van der Waals surface area contributed by atoms with Gasteiger partial charge in [-0.25, -0.2) is 13.4 Å². The third-order valence-electron chi connectivity index (χ3n) is 4.42. The highest BCUT2D eigenvalue weighted by Crippen LogP contribution is 2.29. The molecule has 1 heterocycles. The predicted octanol–water partition coefficient (Wildman–Crippen LogP) is 2.05. The van der Waals surface area contributed by atoms with E-state index in [1.807, 2.05) is 36.4 Å². The lowest BCUT2D eigenvalue weighted by atomic mass is 10.2. The van der Waals surface area contributed by atoms with Gasteiger partial charge in [0.2, 0.25) is 0 Å². The van der Waals surface area contributed by atoms with Crippen molar-refractivity contribution in [2.75, 3.05) is 12.4 Å². The summed E-state index contributed by atoms with van der Waals surface area (Å²) in [6.07, 6.45) is 0. The molecule has 190 valence electrons. The van der Waals surface area contributed by atoms with Crippen molar-refractivity contribution in [1.82, 2.24) is 4.98 Å². The van der Waals surface area contributed by atoms with E-state index in [-0.39, 0.29) is 27.1 Å². The largest absolute Gasteiger partial charge is 0.741 e. The van der Waals surface area contributed by atoms with Gasteiger partial charge in [-0.1, -0.05) is 35.1 Å². The molecule has 0 atom stereocenters. The molecule has 7 nitrogen and oxygen atoms in total. The quantitative estimate of drug-likeness (QED) is 0.201. The summed E-state index contributed by atoms with van der Waals surface area (Å²) in [6, 6.07) is 22.2. The summed E-state index contributed by atoms with van der Waals surface area (Å²) in [5.41, 5.74) is -2.89. The van der Waals surface area contributed by atoms with Gasteiger partial charge in [-0.15, -0.1) is 0 Å². The molecule has 13 heteroatoms. The Bertz CT molecular complexity index is 1470. The second-order valence-electron chi connectivity index (χ2n) is 7.11. The number of amides is 1. The Morgan fingerprint density at radius 1 is 1.06 bits per heavy atom. The zero-order chi connectivity index (χ0) is 26.5. The van der Waals surface area contributed by atoms with Crippen molar-refractivity contribution in [3.63, 3.8) is 0 Å². The van der Waals surface area contributed by atoms with Crippen LogP contribution >= 0.6 is 11.3 Å². The normalized spacial score (nSPS) is 11.5. The number of ether oxygens (including phenoxy) is 1. The van der Waals surface area contributed by atoms with E-state index in [1.165, 1.54) is 24.0 Å². The van der Waals surface area contributed by atoms with Gasteiger partial charge < -0.3 is 9.29 Å². The Hall–Kier alpha value is -2.75. The topological polar surface area (TPSA) is 108 Å². The number of rotatable bonds is 5. The maximum absolute atomic E-state index is 12.7. The molecule has 4 aromatic rings. The molecule has 1 N–H and O–H groups in total. The Balaban J connectivity index is 0.000000392. The number of benzene rings is 3. The average molecular weight is 650 g/mol. The maximum Gasteiger partial charge on any atom is 0.485 e. The Morgan fingerprint density at radius 3 is 2.33 bits per heavy atom. The van der Waals surface area contributed by atoms with Crippen LogP contribution in [0.3, 0.4) is 0 Å².